The molecule has 1 atom stereocenters. The molecular weight excluding hydrogens is 409 g/mol. The number of aromatic nitrogens is 2. The lowest BCUT2D eigenvalue weighted by molar-refractivity contribution is -0.137. The summed E-state index contributed by atoms with van der Waals surface area (Å²) in [4.78, 5) is 9.92. The third-order valence-corrected chi connectivity index (χ3v) is 6.23. The maximum Gasteiger partial charge on any atom is 0.416 e. The molecule has 1 aliphatic rings. The van der Waals surface area contributed by atoms with Crippen LogP contribution in [0.5, 0.6) is 0 Å². The molecule has 1 aliphatic heterocycles. The molecule has 1 saturated heterocycles. The third-order valence-electron chi connectivity index (χ3n) is 4.71. The average molecular weight is 426 g/mol. The predicted octanol–water partition coefficient (Wildman–Crippen LogP) is 3.40. The zero-order valence-electron chi connectivity index (χ0n) is 15.1. The van der Waals surface area contributed by atoms with E-state index in [0.717, 1.165) is 18.2 Å². The number of oxazole rings is 1. The molecule has 1 fully saturated rings. The second-order valence-electron chi connectivity index (χ2n) is 6.73. The lowest BCUT2D eigenvalue weighted by atomic mass is 10.1. The van der Waals surface area contributed by atoms with Crippen molar-refractivity contribution < 1.29 is 26.4 Å². The molecule has 7 nitrogen and oxygen atoms in total. The van der Waals surface area contributed by atoms with Crippen molar-refractivity contribution in [1.29, 1.82) is 0 Å². The van der Waals surface area contributed by atoms with Crippen LogP contribution in [0, 0.1) is 0 Å². The van der Waals surface area contributed by atoms with Crippen molar-refractivity contribution >= 4 is 27.6 Å². The molecule has 11 heteroatoms. The van der Waals surface area contributed by atoms with Gasteiger partial charge in [-0.1, -0.05) is 10.3 Å². The van der Waals surface area contributed by atoms with Crippen LogP contribution in [0.2, 0.25) is 0 Å². The minimum Gasteiger partial charge on any atom is -0.593 e. The predicted molar refractivity (Wildman–Crippen MR) is 98.7 cm³/mol. The molecule has 4 rings (SSSR count). The number of alkyl halides is 3. The summed E-state index contributed by atoms with van der Waals surface area (Å²) in [7, 11) is -4.06. The number of hydrogen-bond acceptors (Lipinski definition) is 6. The topological polar surface area (TPSA) is 94.3 Å². The number of hydrogen-bond donors (Lipinski definition) is 1. The zero-order chi connectivity index (χ0) is 20.6. The van der Waals surface area contributed by atoms with E-state index < -0.39 is 33.1 Å². The number of benzene rings is 1. The molecule has 1 aromatic carbocycles. The fourth-order valence-electron chi connectivity index (χ4n) is 3.21. The molecule has 3 aromatic rings. The molecule has 0 aliphatic carbocycles. The van der Waals surface area contributed by atoms with Crippen LogP contribution in [-0.4, -0.2) is 33.7 Å². The molecular formula is C18H17F3N4O3S. The van der Waals surface area contributed by atoms with Gasteiger partial charge in [-0.05, 0) is 37.1 Å². The van der Waals surface area contributed by atoms with Gasteiger partial charge in [0.1, 0.15) is 0 Å². The minimum absolute atomic E-state index is 0.395. The van der Waals surface area contributed by atoms with Gasteiger partial charge in [-0.2, -0.15) is 18.2 Å². The SMILES string of the molecule is O=[S+]([O-])(NC1CCN(c2nc3ncccc3o2)CC1)c1cccc(C(F)(F)F)c1. The summed E-state index contributed by atoms with van der Waals surface area (Å²) < 4.78 is 71.8. The average Bonchev–Trinajstić information content (AvgIpc) is 3.12. The van der Waals surface area contributed by atoms with Gasteiger partial charge >= 0.3 is 6.18 Å². The minimum atomic E-state index is -4.61. The molecule has 0 radical (unpaired) electrons. The number of nitrogens with one attached hydrogen (secondary N) is 1. The number of sulfonamides is 1. The van der Waals surface area contributed by atoms with E-state index in [1.165, 1.54) is 0 Å². The van der Waals surface area contributed by atoms with E-state index in [9.17, 15) is 21.9 Å². The van der Waals surface area contributed by atoms with Crippen LogP contribution in [0.4, 0.5) is 19.2 Å². The summed E-state index contributed by atoms with van der Waals surface area (Å²) in [6.45, 7) is 0.977. The quantitative estimate of drug-likeness (QED) is 0.643. The van der Waals surface area contributed by atoms with Gasteiger partial charge in [-0.15, -0.1) is 4.72 Å². The van der Waals surface area contributed by atoms with Gasteiger partial charge in [0.25, 0.3) is 6.01 Å². The van der Waals surface area contributed by atoms with E-state index in [1.54, 1.807) is 18.3 Å². The first kappa shape index (κ1) is 19.8. The third kappa shape index (κ3) is 4.26. The van der Waals surface area contributed by atoms with Crippen molar-refractivity contribution in [3.63, 3.8) is 0 Å². The normalized spacial score (nSPS) is 18.1. The molecule has 0 spiro atoms. The maximum absolute atomic E-state index is 12.9. The molecule has 29 heavy (non-hydrogen) atoms. The Hall–Kier alpha value is -2.50. The van der Waals surface area contributed by atoms with Crippen LogP contribution in [0.3, 0.4) is 0 Å². The van der Waals surface area contributed by atoms with Crippen molar-refractivity contribution in [2.24, 2.45) is 0 Å². The molecule has 0 amide bonds. The van der Waals surface area contributed by atoms with Crippen LogP contribution >= 0.6 is 0 Å². The second kappa shape index (κ2) is 7.39. The summed E-state index contributed by atoms with van der Waals surface area (Å²) in [5.41, 5.74) is 0.0597. The van der Waals surface area contributed by atoms with Gasteiger partial charge in [-0.3, -0.25) is 0 Å². The van der Waals surface area contributed by atoms with Crippen LogP contribution in [0.1, 0.15) is 18.4 Å². The Kier molecular flexibility index (Phi) is 5.05. The standard InChI is InChI=1S/C18H17F3N4O3S/c19-18(20,21)12-3-1-4-14(11-12)29(26,27)24-13-6-9-25(10-7-13)17-23-16-15(28-17)5-2-8-22-16/h1-5,8,11,13H,6-7,9-10H2,(H-,24,26,27). The maximum atomic E-state index is 12.9. The van der Waals surface area contributed by atoms with Crippen LogP contribution in [0.25, 0.3) is 11.2 Å². The molecule has 1 unspecified atom stereocenters. The first-order valence-electron chi connectivity index (χ1n) is 8.88. The van der Waals surface area contributed by atoms with Gasteiger partial charge in [0.2, 0.25) is 5.65 Å². The first-order valence-corrected chi connectivity index (χ1v) is 10.4. The summed E-state index contributed by atoms with van der Waals surface area (Å²) in [6.07, 6.45) is -2.07. The van der Waals surface area contributed by atoms with E-state index in [1.807, 2.05) is 4.90 Å². The number of rotatable bonds is 4. The van der Waals surface area contributed by atoms with Gasteiger partial charge in [0.15, 0.2) is 20.9 Å². The van der Waals surface area contributed by atoms with E-state index in [4.69, 9.17) is 4.42 Å². The van der Waals surface area contributed by atoms with Crippen molar-refractivity contribution in [2.45, 2.75) is 30.0 Å². The molecule has 3 heterocycles. The highest BCUT2D eigenvalue weighted by atomic mass is 32.3. The number of fused-ring (bicyclic) bond motifs is 1. The van der Waals surface area contributed by atoms with Crippen LogP contribution in [0.15, 0.2) is 51.9 Å². The summed E-state index contributed by atoms with van der Waals surface area (Å²) in [6, 6.07) is 7.24. The lowest BCUT2D eigenvalue weighted by Crippen LogP contribution is -2.46. The van der Waals surface area contributed by atoms with E-state index in [0.29, 0.717) is 49.2 Å². The highest BCUT2D eigenvalue weighted by Gasteiger charge is 2.34. The van der Waals surface area contributed by atoms with E-state index >= 15 is 0 Å². The Morgan fingerprint density at radius 2 is 1.97 bits per heavy atom. The van der Waals surface area contributed by atoms with E-state index in [-0.39, 0.29) is 0 Å². The molecule has 154 valence electrons. The van der Waals surface area contributed by atoms with E-state index in [2.05, 4.69) is 14.7 Å². The van der Waals surface area contributed by atoms with Gasteiger partial charge < -0.3 is 13.9 Å². The Balaban J connectivity index is 1.42. The van der Waals surface area contributed by atoms with Crippen molar-refractivity contribution in [3.05, 3.63) is 48.2 Å². The van der Waals surface area contributed by atoms with Gasteiger partial charge in [0.05, 0.1) is 11.6 Å². The van der Waals surface area contributed by atoms with Crippen molar-refractivity contribution in [2.75, 3.05) is 18.0 Å². The number of anilines is 1. The molecule has 1 N–H and O–H groups in total. The highest BCUT2D eigenvalue weighted by molar-refractivity contribution is 7.95. The first-order chi connectivity index (χ1) is 13.7. The fraction of sp³-hybridized carbons (Fsp3) is 0.333. The van der Waals surface area contributed by atoms with Gasteiger partial charge in [0, 0.05) is 25.4 Å². The Morgan fingerprint density at radius 3 is 2.66 bits per heavy atom. The Labute approximate surface area is 165 Å². The summed E-state index contributed by atoms with van der Waals surface area (Å²) in [5.74, 6) is 0. The number of piperidine rings is 1. The summed E-state index contributed by atoms with van der Waals surface area (Å²) >= 11 is 0. The second-order valence-corrected chi connectivity index (χ2v) is 8.44. The zero-order valence-corrected chi connectivity index (χ0v) is 15.9. The fourth-order valence-corrected chi connectivity index (χ4v) is 4.56. The Bertz CT molecular complexity index is 1030. The largest absolute Gasteiger partial charge is 0.593 e. The van der Waals surface area contributed by atoms with Crippen LogP contribution < -0.4 is 9.62 Å². The van der Waals surface area contributed by atoms with Crippen LogP contribution in [-0.2, 0) is 20.8 Å². The number of halogens is 3. The number of nitrogens with zero attached hydrogens (tertiary/aromatic N) is 3. The van der Waals surface area contributed by atoms with Crippen molar-refractivity contribution in [3.8, 4) is 0 Å². The number of pyridine rings is 1. The molecule has 0 bridgehead atoms. The highest BCUT2D eigenvalue weighted by Crippen LogP contribution is 2.31. The van der Waals surface area contributed by atoms with Gasteiger partial charge in [-0.25, -0.2) is 4.98 Å². The molecule has 0 saturated carbocycles. The Morgan fingerprint density at radius 1 is 1.21 bits per heavy atom. The smallest absolute Gasteiger partial charge is 0.416 e. The molecule has 2 aromatic heterocycles. The lowest BCUT2D eigenvalue weighted by Gasteiger charge is -2.31. The monoisotopic (exact) mass is 426 g/mol. The van der Waals surface area contributed by atoms with Crippen molar-refractivity contribution in [1.82, 2.24) is 14.7 Å². The summed E-state index contributed by atoms with van der Waals surface area (Å²) in [5, 5.41) is 0.